The van der Waals surface area contributed by atoms with Gasteiger partial charge in [0.1, 0.15) is 5.75 Å². The Hall–Kier alpha value is -2.00. The molecule has 0 aromatic heterocycles. The highest BCUT2D eigenvalue weighted by Gasteiger charge is 2.04. The van der Waals surface area contributed by atoms with E-state index in [1.165, 1.54) is 11.1 Å². The summed E-state index contributed by atoms with van der Waals surface area (Å²) in [6.07, 6.45) is 2.28. The maximum absolute atomic E-state index is 5.94. The molecule has 0 aliphatic heterocycles. The maximum Gasteiger partial charge on any atom is 0.141 e. The van der Waals surface area contributed by atoms with Gasteiger partial charge >= 0.3 is 0 Å². The van der Waals surface area contributed by atoms with Gasteiger partial charge in [-0.3, -0.25) is 0 Å². The van der Waals surface area contributed by atoms with Crippen LogP contribution in [0.15, 0.2) is 48.5 Å². The lowest BCUT2D eigenvalue weighted by Crippen LogP contribution is -2.19. The average Bonchev–Trinajstić information content (AvgIpc) is 2.48. The average molecular weight is 284 g/mol. The zero-order valence-electron chi connectivity index (χ0n) is 12.9. The molecule has 3 heteroatoms. The van der Waals surface area contributed by atoms with Gasteiger partial charge in [-0.15, -0.1) is 0 Å². The Labute approximate surface area is 127 Å². The van der Waals surface area contributed by atoms with Crippen LogP contribution in [0.3, 0.4) is 0 Å². The van der Waals surface area contributed by atoms with Crippen molar-refractivity contribution in [2.75, 3.05) is 26.4 Å². The highest BCUT2D eigenvalue weighted by molar-refractivity contribution is 5.54. The van der Waals surface area contributed by atoms with Crippen molar-refractivity contribution in [1.82, 2.24) is 4.90 Å². The number of nitrogens with two attached hydrogens (primary N) is 1. The van der Waals surface area contributed by atoms with Gasteiger partial charge in [-0.05, 0) is 49.7 Å². The molecule has 0 bridgehead atoms. The van der Waals surface area contributed by atoms with Gasteiger partial charge in [0.25, 0.3) is 0 Å². The van der Waals surface area contributed by atoms with Gasteiger partial charge in [0, 0.05) is 6.54 Å². The van der Waals surface area contributed by atoms with E-state index >= 15 is 0 Å². The molecule has 0 spiro atoms. The molecule has 2 N–H and O–H groups in total. The number of aryl methyl sites for hydroxylation is 1. The minimum Gasteiger partial charge on any atom is -0.495 e. The Morgan fingerprint density at radius 3 is 2.48 bits per heavy atom. The van der Waals surface area contributed by atoms with Crippen molar-refractivity contribution in [2.45, 2.75) is 19.4 Å². The predicted octanol–water partition coefficient (Wildman–Crippen LogP) is 3.34. The molecule has 112 valence electrons. The van der Waals surface area contributed by atoms with E-state index in [0.29, 0.717) is 5.69 Å². The van der Waals surface area contributed by atoms with Crippen LogP contribution in [0.25, 0.3) is 0 Å². The molecule has 0 atom stereocenters. The van der Waals surface area contributed by atoms with E-state index in [0.717, 1.165) is 31.7 Å². The highest BCUT2D eigenvalue weighted by atomic mass is 16.5. The molecule has 3 nitrogen and oxygen atoms in total. The van der Waals surface area contributed by atoms with E-state index in [4.69, 9.17) is 10.5 Å². The van der Waals surface area contributed by atoms with Crippen molar-refractivity contribution in [1.29, 1.82) is 0 Å². The second kappa shape index (κ2) is 7.70. The molecule has 2 rings (SSSR count). The summed E-state index contributed by atoms with van der Waals surface area (Å²) < 4.78 is 5.18. The summed E-state index contributed by atoms with van der Waals surface area (Å²) in [5.41, 5.74) is 9.26. The van der Waals surface area contributed by atoms with Gasteiger partial charge in [-0.1, -0.05) is 36.4 Å². The van der Waals surface area contributed by atoms with Crippen LogP contribution in [-0.2, 0) is 13.0 Å². The zero-order chi connectivity index (χ0) is 15.1. The fraction of sp³-hybridized carbons (Fsp3) is 0.333. The molecule has 2 aromatic rings. The number of nitrogens with zero attached hydrogens (tertiary/aromatic N) is 1. The van der Waals surface area contributed by atoms with E-state index in [9.17, 15) is 0 Å². The Morgan fingerprint density at radius 2 is 1.81 bits per heavy atom. The lowest BCUT2D eigenvalue weighted by atomic mass is 10.1. The smallest absolute Gasteiger partial charge is 0.141 e. The van der Waals surface area contributed by atoms with Gasteiger partial charge in [0.2, 0.25) is 0 Å². The topological polar surface area (TPSA) is 38.5 Å². The summed E-state index contributed by atoms with van der Waals surface area (Å²) in [7, 11) is 3.78. The summed E-state index contributed by atoms with van der Waals surface area (Å²) in [4.78, 5) is 2.32. The fourth-order valence-corrected chi connectivity index (χ4v) is 2.47. The van der Waals surface area contributed by atoms with Crippen molar-refractivity contribution >= 4 is 5.69 Å². The Balaban J connectivity index is 1.79. The lowest BCUT2D eigenvalue weighted by molar-refractivity contribution is 0.322. The molecule has 0 heterocycles. The Kier molecular flexibility index (Phi) is 5.64. The summed E-state index contributed by atoms with van der Waals surface area (Å²) in [5.74, 6) is 0.741. The van der Waals surface area contributed by atoms with Crippen LogP contribution in [-0.4, -0.2) is 25.6 Å². The molecule has 0 amide bonds. The SMILES string of the molecule is COc1ccc(CN(C)CCCc2ccccc2)cc1N. The number of benzene rings is 2. The van der Waals surface area contributed by atoms with Gasteiger partial charge in [-0.25, -0.2) is 0 Å². The molecular formula is C18H24N2O. The normalized spacial score (nSPS) is 10.8. The number of rotatable bonds is 7. The van der Waals surface area contributed by atoms with Gasteiger partial charge in [0.05, 0.1) is 12.8 Å². The van der Waals surface area contributed by atoms with Crippen LogP contribution in [0.4, 0.5) is 5.69 Å². The van der Waals surface area contributed by atoms with Crippen molar-refractivity contribution < 1.29 is 4.74 Å². The van der Waals surface area contributed by atoms with Crippen LogP contribution >= 0.6 is 0 Å². The highest BCUT2D eigenvalue weighted by Crippen LogP contribution is 2.22. The van der Waals surface area contributed by atoms with Crippen LogP contribution in [0.1, 0.15) is 17.5 Å². The number of methoxy groups -OCH3 is 1. The number of nitrogen functional groups attached to an aromatic ring is 1. The summed E-state index contributed by atoms with van der Waals surface area (Å²) in [5, 5.41) is 0. The summed E-state index contributed by atoms with van der Waals surface area (Å²) in [6, 6.07) is 16.6. The van der Waals surface area contributed by atoms with Gasteiger partial charge < -0.3 is 15.4 Å². The fourth-order valence-electron chi connectivity index (χ4n) is 2.47. The second-order valence-electron chi connectivity index (χ2n) is 5.40. The molecule has 0 saturated heterocycles. The Morgan fingerprint density at radius 1 is 1.05 bits per heavy atom. The second-order valence-corrected chi connectivity index (χ2v) is 5.40. The van der Waals surface area contributed by atoms with E-state index < -0.39 is 0 Å². The minimum absolute atomic E-state index is 0.702. The van der Waals surface area contributed by atoms with Crippen LogP contribution in [0, 0.1) is 0 Å². The van der Waals surface area contributed by atoms with Gasteiger partial charge in [-0.2, -0.15) is 0 Å². The summed E-state index contributed by atoms with van der Waals surface area (Å²) >= 11 is 0. The third-order valence-corrected chi connectivity index (χ3v) is 3.59. The first-order chi connectivity index (χ1) is 10.2. The largest absolute Gasteiger partial charge is 0.495 e. The lowest BCUT2D eigenvalue weighted by Gasteiger charge is -2.17. The molecule has 21 heavy (non-hydrogen) atoms. The van der Waals surface area contributed by atoms with E-state index in [1.807, 2.05) is 12.1 Å². The summed E-state index contributed by atoms with van der Waals surface area (Å²) in [6.45, 7) is 1.98. The van der Waals surface area contributed by atoms with Crippen molar-refractivity contribution in [3.8, 4) is 5.75 Å². The quantitative estimate of drug-likeness (QED) is 0.793. The number of hydrogen-bond acceptors (Lipinski definition) is 3. The molecule has 2 aromatic carbocycles. The predicted molar refractivity (Wildman–Crippen MR) is 88.5 cm³/mol. The van der Waals surface area contributed by atoms with Crippen molar-refractivity contribution in [3.63, 3.8) is 0 Å². The maximum atomic E-state index is 5.94. The van der Waals surface area contributed by atoms with Gasteiger partial charge in [0.15, 0.2) is 0 Å². The minimum atomic E-state index is 0.702. The number of ether oxygens (including phenoxy) is 1. The van der Waals surface area contributed by atoms with E-state index in [2.05, 4.69) is 48.3 Å². The first-order valence-corrected chi connectivity index (χ1v) is 7.34. The molecule has 0 fully saturated rings. The number of hydrogen-bond donors (Lipinski definition) is 1. The molecule has 0 unspecified atom stereocenters. The molecule has 0 saturated carbocycles. The number of anilines is 1. The van der Waals surface area contributed by atoms with Crippen molar-refractivity contribution in [2.24, 2.45) is 0 Å². The first-order valence-electron chi connectivity index (χ1n) is 7.34. The Bertz CT molecular complexity index is 554. The standard InChI is InChI=1S/C18H24N2O/c1-20(12-6-9-15-7-4-3-5-8-15)14-16-10-11-18(21-2)17(19)13-16/h3-5,7-8,10-11,13H,6,9,12,14,19H2,1-2H3. The first kappa shape index (κ1) is 15.4. The van der Waals surface area contributed by atoms with Crippen LogP contribution in [0.5, 0.6) is 5.75 Å². The van der Waals surface area contributed by atoms with Crippen molar-refractivity contribution in [3.05, 3.63) is 59.7 Å². The molecule has 0 aliphatic carbocycles. The molecule has 0 radical (unpaired) electrons. The monoisotopic (exact) mass is 284 g/mol. The third-order valence-electron chi connectivity index (χ3n) is 3.59. The molecule has 0 aliphatic rings. The molecular weight excluding hydrogens is 260 g/mol. The van der Waals surface area contributed by atoms with E-state index in [1.54, 1.807) is 7.11 Å². The van der Waals surface area contributed by atoms with Crippen LogP contribution in [0.2, 0.25) is 0 Å². The van der Waals surface area contributed by atoms with E-state index in [-0.39, 0.29) is 0 Å². The zero-order valence-corrected chi connectivity index (χ0v) is 12.9. The third kappa shape index (κ3) is 4.80. The van der Waals surface area contributed by atoms with Crippen LogP contribution < -0.4 is 10.5 Å².